The number of halogens is 6. The van der Waals surface area contributed by atoms with Crippen molar-refractivity contribution in [3.8, 4) is 0 Å². The van der Waals surface area contributed by atoms with Crippen molar-refractivity contribution >= 4 is 0 Å². The Morgan fingerprint density at radius 1 is 0.769 bits per heavy atom. The fraction of sp³-hybridized carbons (Fsp3) is 1.00. The van der Waals surface area contributed by atoms with E-state index in [9.17, 15) is 26.3 Å². The molecule has 1 nitrogen and oxygen atoms in total. The van der Waals surface area contributed by atoms with Crippen molar-refractivity contribution < 1.29 is 26.3 Å². The number of nitrogens with one attached hydrogen (secondary N) is 1. The van der Waals surface area contributed by atoms with Crippen molar-refractivity contribution in [2.75, 3.05) is 0 Å². The maximum atomic E-state index is 10.7. The standard InChI is InChI=1S/C4H10.C2HF6N/c1-3-4-2;3-1(4,5)9-2(6,7)8/h3-4H2,1-2H3;9H. The smallest absolute Gasteiger partial charge is 0.155 e. The van der Waals surface area contributed by atoms with Gasteiger partial charge in [-0.15, -0.1) is 5.32 Å². The minimum Gasteiger partial charge on any atom is -0.155 e. The van der Waals surface area contributed by atoms with Crippen molar-refractivity contribution in [3.63, 3.8) is 0 Å². The quantitative estimate of drug-likeness (QED) is 0.517. The minimum atomic E-state index is -5.39. The molecule has 0 spiro atoms. The SMILES string of the molecule is CCCC.FC(F)(F)NC(F)(F)F. The number of hydrogen-bond donors (Lipinski definition) is 1. The summed E-state index contributed by atoms with van der Waals surface area (Å²) >= 11 is 0. The second-order valence-electron chi connectivity index (χ2n) is 2.12. The summed E-state index contributed by atoms with van der Waals surface area (Å²) in [6.07, 6.45) is -8.14. The van der Waals surface area contributed by atoms with Gasteiger partial charge in [-0.3, -0.25) is 0 Å². The van der Waals surface area contributed by atoms with Crippen molar-refractivity contribution in [2.45, 2.75) is 39.3 Å². The van der Waals surface area contributed by atoms with E-state index < -0.39 is 17.9 Å². The fourth-order valence-corrected chi connectivity index (χ4v) is 0.161. The van der Waals surface area contributed by atoms with E-state index in [1.807, 2.05) is 0 Å². The third kappa shape index (κ3) is 24.6. The van der Waals surface area contributed by atoms with Gasteiger partial charge < -0.3 is 0 Å². The Balaban J connectivity index is 0. The summed E-state index contributed by atoms with van der Waals surface area (Å²) in [4.78, 5) is 0. The summed E-state index contributed by atoms with van der Waals surface area (Å²) in [6.45, 7) is 4.36. The number of rotatable bonds is 1. The molecule has 7 heteroatoms. The summed E-state index contributed by atoms with van der Waals surface area (Å²) in [7, 11) is 0. The molecule has 0 bridgehead atoms. The van der Waals surface area contributed by atoms with Gasteiger partial charge >= 0.3 is 12.6 Å². The van der Waals surface area contributed by atoms with Gasteiger partial charge in [-0.05, 0) is 0 Å². The lowest BCUT2D eigenvalue weighted by Gasteiger charge is -2.10. The van der Waals surface area contributed by atoms with Crippen LogP contribution in [-0.2, 0) is 0 Å². The third-order valence-corrected chi connectivity index (χ3v) is 0.783. The first-order chi connectivity index (χ1) is 5.62. The van der Waals surface area contributed by atoms with Crippen LogP contribution in [-0.4, -0.2) is 12.6 Å². The van der Waals surface area contributed by atoms with Crippen LogP contribution in [0.3, 0.4) is 0 Å². The highest BCUT2D eigenvalue weighted by Crippen LogP contribution is 2.19. The summed E-state index contributed by atoms with van der Waals surface area (Å²) in [6, 6.07) is 0. The molecule has 82 valence electrons. The highest BCUT2D eigenvalue weighted by Gasteiger charge is 2.42. The fourth-order valence-electron chi connectivity index (χ4n) is 0.161. The highest BCUT2D eigenvalue weighted by atomic mass is 19.4. The van der Waals surface area contributed by atoms with Crippen LogP contribution in [0.4, 0.5) is 26.3 Å². The van der Waals surface area contributed by atoms with E-state index in [4.69, 9.17) is 0 Å². The van der Waals surface area contributed by atoms with Crippen molar-refractivity contribution in [2.24, 2.45) is 0 Å². The van der Waals surface area contributed by atoms with Gasteiger partial charge in [-0.2, -0.15) is 26.3 Å². The Kier molecular flexibility index (Phi) is 7.01. The zero-order chi connectivity index (χ0) is 11.1. The minimum absolute atomic E-state index is 0.542. The summed E-state index contributed by atoms with van der Waals surface area (Å²) in [5.74, 6) is 0. The Labute approximate surface area is 72.1 Å². The zero-order valence-corrected chi connectivity index (χ0v) is 7.18. The molecule has 0 unspecified atom stereocenters. The molecule has 0 rings (SSSR count). The number of alkyl halides is 6. The lowest BCUT2D eigenvalue weighted by Crippen LogP contribution is -2.42. The molecule has 0 amide bonds. The van der Waals surface area contributed by atoms with Crippen LogP contribution in [0, 0.1) is 0 Å². The Hall–Kier alpha value is -0.460. The maximum Gasteiger partial charge on any atom is 0.464 e. The average Bonchev–Trinajstić information content (AvgIpc) is 1.80. The average molecular weight is 211 g/mol. The van der Waals surface area contributed by atoms with Gasteiger partial charge in [0.05, 0.1) is 0 Å². The predicted molar refractivity (Wildman–Crippen MR) is 35.8 cm³/mol. The van der Waals surface area contributed by atoms with Crippen molar-refractivity contribution in [3.05, 3.63) is 0 Å². The van der Waals surface area contributed by atoms with E-state index in [1.54, 1.807) is 0 Å². The first-order valence-electron chi connectivity index (χ1n) is 3.55. The second kappa shape index (κ2) is 6.06. The first kappa shape index (κ1) is 15.0. The van der Waals surface area contributed by atoms with Gasteiger partial charge in [0.25, 0.3) is 0 Å². The second-order valence-corrected chi connectivity index (χ2v) is 2.12. The van der Waals surface area contributed by atoms with Crippen LogP contribution in [0.1, 0.15) is 26.7 Å². The monoisotopic (exact) mass is 211 g/mol. The molecule has 0 radical (unpaired) electrons. The van der Waals surface area contributed by atoms with Gasteiger partial charge in [0.15, 0.2) is 0 Å². The van der Waals surface area contributed by atoms with E-state index in [-0.39, 0.29) is 0 Å². The van der Waals surface area contributed by atoms with E-state index in [1.165, 1.54) is 12.8 Å². The van der Waals surface area contributed by atoms with Gasteiger partial charge in [0, 0.05) is 0 Å². The molecule has 0 aliphatic rings. The molecule has 13 heavy (non-hydrogen) atoms. The number of unbranched alkanes of at least 4 members (excludes halogenated alkanes) is 1. The third-order valence-electron chi connectivity index (χ3n) is 0.783. The molecule has 0 aliphatic heterocycles. The number of hydrogen-bond acceptors (Lipinski definition) is 1. The van der Waals surface area contributed by atoms with Crippen LogP contribution in [0.25, 0.3) is 0 Å². The largest absolute Gasteiger partial charge is 0.464 e. The van der Waals surface area contributed by atoms with Crippen molar-refractivity contribution in [1.29, 1.82) is 0 Å². The molecular weight excluding hydrogens is 200 g/mol. The Morgan fingerprint density at radius 2 is 1.00 bits per heavy atom. The highest BCUT2D eigenvalue weighted by molar-refractivity contribution is 4.49. The molecule has 0 heterocycles. The molecule has 1 N–H and O–H groups in total. The van der Waals surface area contributed by atoms with Crippen LogP contribution < -0.4 is 5.32 Å². The molecule has 0 aromatic heterocycles. The molecule has 0 aromatic carbocycles. The van der Waals surface area contributed by atoms with Crippen LogP contribution >= 0.6 is 0 Å². The molecule has 0 fully saturated rings. The zero-order valence-electron chi connectivity index (χ0n) is 7.18. The van der Waals surface area contributed by atoms with E-state index in [0.29, 0.717) is 0 Å². The van der Waals surface area contributed by atoms with Crippen LogP contribution in [0.5, 0.6) is 0 Å². The van der Waals surface area contributed by atoms with E-state index >= 15 is 0 Å². The van der Waals surface area contributed by atoms with Gasteiger partial charge in [0.2, 0.25) is 0 Å². The van der Waals surface area contributed by atoms with Crippen molar-refractivity contribution in [1.82, 2.24) is 5.32 Å². The van der Waals surface area contributed by atoms with Crippen LogP contribution in [0.15, 0.2) is 0 Å². The summed E-state index contributed by atoms with van der Waals surface area (Å²) in [5.41, 5.74) is 0. The van der Waals surface area contributed by atoms with E-state index in [0.717, 1.165) is 0 Å². The first-order valence-corrected chi connectivity index (χ1v) is 3.55. The summed E-state index contributed by atoms with van der Waals surface area (Å²) < 4.78 is 64.3. The molecule has 0 saturated carbocycles. The normalized spacial score (nSPS) is 12.0. The Morgan fingerprint density at radius 3 is 1.00 bits per heavy atom. The molecule has 0 aromatic rings. The van der Waals surface area contributed by atoms with E-state index in [2.05, 4.69) is 13.8 Å². The summed E-state index contributed by atoms with van der Waals surface area (Å²) in [5, 5.41) is -0.542. The van der Waals surface area contributed by atoms with Gasteiger partial charge in [0.1, 0.15) is 0 Å². The lowest BCUT2D eigenvalue weighted by atomic mass is 10.4. The predicted octanol–water partition coefficient (Wildman–Crippen LogP) is 3.42. The topological polar surface area (TPSA) is 12.0 Å². The molecular formula is C6H11F6N. The molecule has 0 saturated heterocycles. The maximum absolute atomic E-state index is 10.7. The molecule has 0 aliphatic carbocycles. The van der Waals surface area contributed by atoms with Gasteiger partial charge in [-0.25, -0.2) is 0 Å². The Bertz CT molecular complexity index is 101. The van der Waals surface area contributed by atoms with Gasteiger partial charge in [-0.1, -0.05) is 26.7 Å². The molecule has 0 atom stereocenters. The lowest BCUT2D eigenvalue weighted by molar-refractivity contribution is -0.265. The van der Waals surface area contributed by atoms with Crippen LogP contribution in [0.2, 0.25) is 0 Å².